The molecule has 1 heterocycles. The quantitative estimate of drug-likeness (QED) is 0.735. The van der Waals surface area contributed by atoms with Crippen LogP contribution in [0.25, 0.3) is 0 Å². The van der Waals surface area contributed by atoms with Crippen LogP contribution in [-0.2, 0) is 11.3 Å². The predicted octanol–water partition coefficient (Wildman–Crippen LogP) is 0.244. The molecular formula is C8H9ClN2O3. The summed E-state index contributed by atoms with van der Waals surface area (Å²) in [4.78, 5) is 25.3. The first kappa shape index (κ1) is 10.7. The third-order valence-corrected chi connectivity index (χ3v) is 1.96. The lowest BCUT2D eigenvalue weighted by Crippen LogP contribution is -2.29. The van der Waals surface area contributed by atoms with Gasteiger partial charge in [0, 0.05) is 11.9 Å². The lowest BCUT2D eigenvalue weighted by atomic mass is 10.4. The highest BCUT2D eigenvalue weighted by Gasteiger charge is 2.14. The van der Waals surface area contributed by atoms with Gasteiger partial charge in [-0.25, -0.2) is 4.79 Å². The number of rotatable bonds is 3. The van der Waals surface area contributed by atoms with Gasteiger partial charge in [-0.2, -0.15) is 4.98 Å². The zero-order valence-electron chi connectivity index (χ0n) is 7.48. The van der Waals surface area contributed by atoms with Crippen LogP contribution in [-0.4, -0.2) is 26.0 Å². The van der Waals surface area contributed by atoms with Crippen molar-refractivity contribution in [2.24, 2.45) is 0 Å². The minimum atomic E-state index is -1.15. The summed E-state index contributed by atoms with van der Waals surface area (Å²) in [5.74, 6) is -1.15. The minimum absolute atomic E-state index is 0.0804. The molecule has 1 N–H and O–H groups in total. The summed E-state index contributed by atoms with van der Waals surface area (Å²) in [5.41, 5.74) is 0.101. The first-order valence-electron chi connectivity index (χ1n) is 3.91. The van der Waals surface area contributed by atoms with Crippen LogP contribution in [0.4, 0.5) is 0 Å². The molecule has 0 saturated carbocycles. The van der Waals surface area contributed by atoms with Crippen LogP contribution in [0.5, 0.6) is 0 Å². The molecule has 0 radical (unpaired) electrons. The standard InChI is InChI=1S/C8H9ClN2O3/c1-5-2-3-11(8(14)10-5)4-6(9)7(12)13/h2-3,6H,4H2,1H3,(H,12,13). The number of carboxylic acids is 1. The molecule has 14 heavy (non-hydrogen) atoms. The van der Waals surface area contributed by atoms with Crippen LogP contribution >= 0.6 is 11.6 Å². The molecule has 0 saturated heterocycles. The maximum Gasteiger partial charge on any atom is 0.347 e. The predicted molar refractivity (Wildman–Crippen MR) is 50.5 cm³/mol. The largest absolute Gasteiger partial charge is 0.480 e. The molecular weight excluding hydrogens is 208 g/mol. The molecule has 1 rings (SSSR count). The van der Waals surface area contributed by atoms with Crippen molar-refractivity contribution in [2.75, 3.05) is 0 Å². The Morgan fingerprint density at radius 1 is 1.79 bits per heavy atom. The number of aliphatic carboxylic acids is 1. The van der Waals surface area contributed by atoms with Crippen molar-refractivity contribution in [3.8, 4) is 0 Å². The van der Waals surface area contributed by atoms with Gasteiger partial charge < -0.3 is 5.11 Å². The monoisotopic (exact) mass is 216 g/mol. The van der Waals surface area contributed by atoms with Crippen molar-refractivity contribution in [2.45, 2.75) is 18.8 Å². The van der Waals surface area contributed by atoms with E-state index in [1.54, 1.807) is 13.0 Å². The zero-order valence-corrected chi connectivity index (χ0v) is 8.23. The SMILES string of the molecule is Cc1ccn(CC(Cl)C(=O)O)c(=O)n1. The van der Waals surface area contributed by atoms with E-state index < -0.39 is 17.0 Å². The maximum absolute atomic E-state index is 11.2. The average Bonchev–Trinajstić information content (AvgIpc) is 2.09. The summed E-state index contributed by atoms with van der Waals surface area (Å²) >= 11 is 5.47. The minimum Gasteiger partial charge on any atom is -0.480 e. The Morgan fingerprint density at radius 3 is 2.93 bits per heavy atom. The second kappa shape index (κ2) is 4.23. The number of nitrogens with zero attached hydrogens (tertiary/aromatic N) is 2. The fourth-order valence-corrected chi connectivity index (χ4v) is 1.05. The normalized spacial score (nSPS) is 12.4. The summed E-state index contributed by atoms with van der Waals surface area (Å²) in [7, 11) is 0. The number of halogens is 1. The first-order chi connectivity index (χ1) is 6.50. The van der Waals surface area contributed by atoms with Gasteiger partial charge in [-0.05, 0) is 13.0 Å². The molecule has 0 aliphatic rings. The van der Waals surface area contributed by atoms with Gasteiger partial charge in [0.05, 0.1) is 6.54 Å². The van der Waals surface area contributed by atoms with E-state index in [0.29, 0.717) is 5.69 Å². The van der Waals surface area contributed by atoms with E-state index in [0.717, 1.165) is 0 Å². The molecule has 1 aromatic rings. The maximum atomic E-state index is 11.2. The summed E-state index contributed by atoms with van der Waals surface area (Å²) < 4.78 is 1.17. The van der Waals surface area contributed by atoms with Crippen molar-refractivity contribution in [3.63, 3.8) is 0 Å². The second-order valence-corrected chi connectivity index (χ2v) is 3.34. The van der Waals surface area contributed by atoms with E-state index in [4.69, 9.17) is 16.7 Å². The van der Waals surface area contributed by atoms with Crippen LogP contribution in [0.2, 0.25) is 0 Å². The number of carboxylic acid groups (broad SMARTS) is 1. The smallest absolute Gasteiger partial charge is 0.347 e. The molecule has 0 bridgehead atoms. The van der Waals surface area contributed by atoms with Crippen molar-refractivity contribution >= 4 is 17.6 Å². The van der Waals surface area contributed by atoms with E-state index in [1.807, 2.05) is 0 Å². The van der Waals surface area contributed by atoms with Crippen LogP contribution in [0, 0.1) is 6.92 Å². The Bertz CT molecular complexity index is 402. The summed E-state index contributed by atoms with van der Waals surface area (Å²) in [5, 5.41) is 7.41. The third kappa shape index (κ3) is 2.56. The van der Waals surface area contributed by atoms with Crippen molar-refractivity contribution in [1.29, 1.82) is 0 Å². The molecule has 6 heteroatoms. The van der Waals surface area contributed by atoms with Gasteiger partial charge in [-0.15, -0.1) is 11.6 Å². The van der Waals surface area contributed by atoms with Crippen molar-refractivity contribution < 1.29 is 9.90 Å². The lowest BCUT2D eigenvalue weighted by molar-refractivity contribution is -0.136. The topological polar surface area (TPSA) is 72.2 Å². The Morgan fingerprint density at radius 2 is 2.43 bits per heavy atom. The molecule has 1 unspecified atom stereocenters. The van der Waals surface area contributed by atoms with Gasteiger partial charge in [0.2, 0.25) is 0 Å². The molecule has 0 spiro atoms. The molecule has 76 valence electrons. The van der Waals surface area contributed by atoms with Gasteiger partial charge in [0.1, 0.15) is 5.38 Å². The van der Waals surface area contributed by atoms with Crippen molar-refractivity contribution in [1.82, 2.24) is 9.55 Å². The van der Waals surface area contributed by atoms with Gasteiger partial charge in [-0.3, -0.25) is 9.36 Å². The molecule has 0 fully saturated rings. The van der Waals surface area contributed by atoms with Gasteiger partial charge in [0.15, 0.2) is 0 Å². The Balaban J connectivity index is 2.88. The van der Waals surface area contributed by atoms with Crippen LogP contribution in [0.15, 0.2) is 17.1 Å². The number of aromatic nitrogens is 2. The van der Waals surface area contributed by atoms with Gasteiger partial charge in [-0.1, -0.05) is 0 Å². The number of hydrogen-bond acceptors (Lipinski definition) is 3. The molecule has 0 aliphatic carbocycles. The van der Waals surface area contributed by atoms with Gasteiger partial charge >= 0.3 is 11.7 Å². The van der Waals surface area contributed by atoms with Crippen LogP contribution < -0.4 is 5.69 Å². The second-order valence-electron chi connectivity index (χ2n) is 2.81. The van der Waals surface area contributed by atoms with Gasteiger partial charge in [0.25, 0.3) is 0 Å². The molecule has 0 aromatic carbocycles. The number of alkyl halides is 1. The Labute approximate surface area is 85.0 Å². The van der Waals surface area contributed by atoms with Crippen molar-refractivity contribution in [3.05, 3.63) is 28.4 Å². The van der Waals surface area contributed by atoms with E-state index in [2.05, 4.69) is 4.98 Å². The van der Waals surface area contributed by atoms with Crippen LogP contribution in [0.3, 0.4) is 0 Å². The van der Waals surface area contributed by atoms with Crippen LogP contribution in [0.1, 0.15) is 5.69 Å². The highest BCUT2D eigenvalue weighted by molar-refractivity contribution is 6.29. The molecule has 1 aromatic heterocycles. The van der Waals surface area contributed by atoms with E-state index >= 15 is 0 Å². The summed E-state index contributed by atoms with van der Waals surface area (Å²) in [6.07, 6.45) is 1.48. The van der Waals surface area contributed by atoms with E-state index in [1.165, 1.54) is 10.8 Å². The number of carbonyl (C=O) groups is 1. The molecule has 5 nitrogen and oxygen atoms in total. The fourth-order valence-electron chi connectivity index (χ4n) is 0.904. The fraction of sp³-hybridized carbons (Fsp3) is 0.375. The number of aryl methyl sites for hydroxylation is 1. The van der Waals surface area contributed by atoms with E-state index in [9.17, 15) is 9.59 Å². The highest BCUT2D eigenvalue weighted by atomic mass is 35.5. The average molecular weight is 217 g/mol. The lowest BCUT2D eigenvalue weighted by Gasteiger charge is -2.06. The third-order valence-electron chi connectivity index (χ3n) is 1.64. The highest BCUT2D eigenvalue weighted by Crippen LogP contribution is 1.98. The Hall–Kier alpha value is -1.36. The molecule has 0 aliphatic heterocycles. The van der Waals surface area contributed by atoms with E-state index in [-0.39, 0.29) is 6.54 Å². The molecule has 1 atom stereocenters. The summed E-state index contributed by atoms with van der Waals surface area (Å²) in [6.45, 7) is 1.60. The summed E-state index contributed by atoms with van der Waals surface area (Å²) in [6, 6.07) is 1.62. The zero-order chi connectivity index (χ0) is 10.7. The first-order valence-corrected chi connectivity index (χ1v) is 4.35. The number of hydrogen-bond donors (Lipinski definition) is 1. The molecule has 0 amide bonds. The Kier molecular flexibility index (Phi) is 3.24.